The van der Waals surface area contributed by atoms with Crippen LogP contribution in [0.3, 0.4) is 0 Å². The van der Waals surface area contributed by atoms with Crippen LogP contribution in [0.25, 0.3) is 0 Å². The van der Waals surface area contributed by atoms with Crippen molar-refractivity contribution in [1.82, 2.24) is 9.03 Å². The fourth-order valence-electron chi connectivity index (χ4n) is 3.23. The van der Waals surface area contributed by atoms with Gasteiger partial charge in [0, 0.05) is 18.5 Å². The molecule has 0 aromatic carbocycles. The van der Waals surface area contributed by atoms with Crippen LogP contribution in [0.5, 0.6) is 5.75 Å². The Morgan fingerprint density at radius 2 is 1.97 bits per heavy atom. The first kappa shape index (κ1) is 25.2. The molecular weight excluding hydrogens is 490 g/mol. The average molecular weight is 518 g/mol. The van der Waals surface area contributed by atoms with Crippen LogP contribution < -0.4 is 10.0 Å². The third kappa shape index (κ3) is 5.23. The quantitative estimate of drug-likeness (QED) is 0.486. The number of nitrogens with one attached hydrogen (secondary N) is 2. The minimum absolute atomic E-state index is 0.00558. The molecule has 1 atom stereocenters. The number of nitrogens with zero attached hydrogens (tertiary/aromatic N) is 3. The molecule has 1 aliphatic rings. The van der Waals surface area contributed by atoms with Gasteiger partial charge >= 0.3 is 10.2 Å². The van der Waals surface area contributed by atoms with E-state index in [1.165, 1.54) is 9.69 Å². The third-order valence-corrected chi connectivity index (χ3v) is 9.29. The van der Waals surface area contributed by atoms with Crippen molar-refractivity contribution in [3.63, 3.8) is 0 Å². The second kappa shape index (κ2) is 9.44. The lowest BCUT2D eigenvalue weighted by Gasteiger charge is -2.17. The maximum absolute atomic E-state index is 12.8. The molecule has 3 N–H and O–H groups in total. The number of amidine groups is 2. The molecule has 2 aromatic heterocycles. The van der Waals surface area contributed by atoms with Crippen LogP contribution in [0, 0.1) is 12.8 Å². The molecule has 0 saturated carbocycles. The van der Waals surface area contributed by atoms with Crippen LogP contribution in [0.2, 0.25) is 0 Å². The van der Waals surface area contributed by atoms with E-state index in [0.717, 1.165) is 11.3 Å². The van der Waals surface area contributed by atoms with Gasteiger partial charge in [-0.1, -0.05) is 27.7 Å². The molecule has 0 bridgehead atoms. The Morgan fingerprint density at radius 3 is 2.52 bits per heavy atom. The van der Waals surface area contributed by atoms with E-state index in [2.05, 4.69) is 19.4 Å². The number of thiophene rings is 1. The summed E-state index contributed by atoms with van der Waals surface area (Å²) in [5.41, 5.74) is 0.00558. The van der Waals surface area contributed by atoms with Gasteiger partial charge in [0.25, 0.3) is 10.0 Å². The Balaban J connectivity index is 1.97. The smallest absolute Gasteiger partial charge is 0.345 e. The molecular formula is C19H27N5O6S3. The molecule has 0 aliphatic carbocycles. The monoisotopic (exact) mass is 517 g/mol. The molecule has 0 fully saturated rings. The molecule has 3 heterocycles. The van der Waals surface area contributed by atoms with Crippen LogP contribution >= 0.6 is 11.3 Å². The van der Waals surface area contributed by atoms with E-state index in [1.54, 1.807) is 32.9 Å². The Kier molecular flexibility index (Phi) is 7.21. The molecule has 0 spiro atoms. The lowest BCUT2D eigenvalue weighted by atomic mass is 10.0. The first-order chi connectivity index (χ1) is 15.4. The average Bonchev–Trinajstić information content (AvgIpc) is 3.38. The Morgan fingerprint density at radius 1 is 1.30 bits per heavy atom. The summed E-state index contributed by atoms with van der Waals surface area (Å²) in [5, 5.41) is 14.7. The number of furan rings is 1. The van der Waals surface area contributed by atoms with E-state index in [0.29, 0.717) is 11.5 Å². The summed E-state index contributed by atoms with van der Waals surface area (Å²) < 4.78 is 62.4. The number of anilines is 1. The molecule has 2 aromatic rings. The van der Waals surface area contributed by atoms with Gasteiger partial charge in [-0.2, -0.15) is 12.7 Å². The SMILES string of the molecule is CCN(CC)S(=O)(=O)c1scc(NC2=NS(=O)(=O)NC2=N[C@@H](c2ccc(C)o2)C(C)C)c1O. The summed E-state index contributed by atoms with van der Waals surface area (Å²) in [7, 11) is -7.96. The summed E-state index contributed by atoms with van der Waals surface area (Å²) in [5.74, 6) is 0.479. The Labute approximate surface area is 197 Å². The van der Waals surface area contributed by atoms with Crippen molar-refractivity contribution in [2.75, 3.05) is 18.4 Å². The summed E-state index contributed by atoms with van der Waals surface area (Å²) in [6.07, 6.45) is 0. The molecule has 0 radical (unpaired) electrons. The van der Waals surface area contributed by atoms with Gasteiger partial charge in [-0.25, -0.2) is 13.1 Å². The minimum Gasteiger partial charge on any atom is -0.504 e. The van der Waals surface area contributed by atoms with Gasteiger partial charge in [0.2, 0.25) is 0 Å². The van der Waals surface area contributed by atoms with E-state index in [9.17, 15) is 21.9 Å². The topological polar surface area (TPSA) is 154 Å². The number of sulfonamides is 1. The fraction of sp³-hybridized carbons (Fsp3) is 0.474. The lowest BCUT2D eigenvalue weighted by molar-refractivity contribution is 0.393. The van der Waals surface area contributed by atoms with Gasteiger partial charge in [0.1, 0.15) is 17.6 Å². The summed E-state index contributed by atoms with van der Waals surface area (Å²) in [6, 6.07) is 3.06. The molecule has 1 aliphatic heterocycles. The standard InChI is InChI=1S/C19H27N5O6S3/c1-6-24(7-2)32(26,27)19-16(25)13(10-31-19)20-17-18(23-33(28,29)22-17)21-15(11(3)4)14-9-8-12(5)30-14/h8-11,15,25H,6-7H2,1-5H3,(H,20,22)(H,21,23)/t15-/m1/s1. The normalized spacial score (nSPS) is 18.0. The zero-order valence-electron chi connectivity index (χ0n) is 18.9. The van der Waals surface area contributed by atoms with Crippen molar-refractivity contribution in [3.05, 3.63) is 29.0 Å². The van der Waals surface area contributed by atoms with Gasteiger partial charge in [-0.3, -0.25) is 4.99 Å². The van der Waals surface area contributed by atoms with Crippen molar-refractivity contribution in [2.45, 2.75) is 44.9 Å². The zero-order valence-corrected chi connectivity index (χ0v) is 21.3. The van der Waals surface area contributed by atoms with E-state index in [-0.39, 0.29) is 40.6 Å². The van der Waals surface area contributed by atoms with Crippen molar-refractivity contribution in [2.24, 2.45) is 15.3 Å². The Hall–Kier alpha value is -2.42. The van der Waals surface area contributed by atoms with E-state index in [4.69, 9.17) is 4.42 Å². The number of hydrogen-bond acceptors (Lipinski definition) is 9. The van der Waals surface area contributed by atoms with Gasteiger partial charge in [-0.15, -0.1) is 15.7 Å². The summed E-state index contributed by atoms with van der Waals surface area (Å²) in [6.45, 7) is 9.50. The second-order valence-corrected chi connectivity index (χ2v) is 12.0. The largest absolute Gasteiger partial charge is 0.504 e. The second-order valence-electron chi connectivity index (χ2n) is 7.63. The van der Waals surface area contributed by atoms with Gasteiger partial charge in [0.05, 0.1) is 5.69 Å². The summed E-state index contributed by atoms with van der Waals surface area (Å²) >= 11 is 0.823. The molecule has 0 amide bonds. The van der Waals surface area contributed by atoms with Crippen molar-refractivity contribution in [3.8, 4) is 5.75 Å². The molecule has 11 nitrogen and oxygen atoms in total. The Bertz CT molecular complexity index is 1290. The van der Waals surface area contributed by atoms with Crippen LogP contribution in [0.4, 0.5) is 5.69 Å². The van der Waals surface area contributed by atoms with E-state index >= 15 is 0 Å². The third-order valence-electron chi connectivity index (χ3n) is 4.88. The van der Waals surface area contributed by atoms with Gasteiger partial charge < -0.3 is 14.8 Å². The van der Waals surface area contributed by atoms with Gasteiger partial charge in [0.15, 0.2) is 21.6 Å². The van der Waals surface area contributed by atoms with Crippen LogP contribution in [0.1, 0.15) is 45.3 Å². The zero-order chi connectivity index (χ0) is 24.6. The first-order valence-electron chi connectivity index (χ1n) is 10.2. The molecule has 0 saturated heterocycles. The fourth-order valence-corrected chi connectivity index (χ4v) is 6.88. The maximum Gasteiger partial charge on any atom is 0.345 e. The highest BCUT2D eigenvalue weighted by Gasteiger charge is 2.32. The lowest BCUT2D eigenvalue weighted by Crippen LogP contribution is -2.31. The predicted octanol–water partition coefficient (Wildman–Crippen LogP) is 2.84. The predicted molar refractivity (Wildman–Crippen MR) is 128 cm³/mol. The number of aryl methyl sites for hydroxylation is 1. The molecule has 3 rings (SSSR count). The van der Waals surface area contributed by atoms with Crippen LogP contribution in [-0.4, -0.2) is 51.0 Å². The summed E-state index contributed by atoms with van der Waals surface area (Å²) in [4.78, 5) is 4.51. The molecule has 33 heavy (non-hydrogen) atoms. The van der Waals surface area contributed by atoms with E-state index < -0.39 is 32.0 Å². The van der Waals surface area contributed by atoms with Crippen molar-refractivity contribution < 1.29 is 26.4 Å². The number of rotatable bonds is 8. The van der Waals surface area contributed by atoms with Crippen LogP contribution in [0.15, 0.2) is 35.5 Å². The first-order valence-corrected chi connectivity index (χ1v) is 14.0. The molecule has 182 valence electrons. The maximum atomic E-state index is 12.8. The highest BCUT2D eigenvalue weighted by Crippen LogP contribution is 2.39. The van der Waals surface area contributed by atoms with E-state index in [1.807, 2.05) is 13.8 Å². The highest BCUT2D eigenvalue weighted by atomic mass is 32.2. The highest BCUT2D eigenvalue weighted by molar-refractivity contribution is 7.91. The van der Waals surface area contributed by atoms with Crippen LogP contribution in [-0.2, 0) is 20.2 Å². The number of aliphatic imine (C=N–C) groups is 1. The van der Waals surface area contributed by atoms with Gasteiger partial charge in [-0.05, 0) is 25.0 Å². The van der Waals surface area contributed by atoms with Crippen molar-refractivity contribution in [1.29, 1.82) is 0 Å². The molecule has 14 heteroatoms. The number of aromatic hydroxyl groups is 1. The molecule has 0 unspecified atom stereocenters. The number of hydrogen-bond donors (Lipinski definition) is 3. The van der Waals surface area contributed by atoms with Crippen molar-refractivity contribution >= 4 is 48.9 Å². The minimum atomic E-state index is -4.06.